The van der Waals surface area contributed by atoms with Crippen LogP contribution in [-0.4, -0.2) is 16.8 Å². The van der Waals surface area contributed by atoms with Crippen LogP contribution in [0.15, 0.2) is 23.4 Å². The molecule has 1 aromatic rings. The normalized spacial score (nSPS) is 23.8. The van der Waals surface area contributed by atoms with Crippen molar-refractivity contribution in [3.05, 3.63) is 23.9 Å². The lowest BCUT2D eigenvalue weighted by Crippen LogP contribution is -2.24. The zero-order valence-corrected chi connectivity index (χ0v) is 11.3. The fourth-order valence-electron chi connectivity index (χ4n) is 2.37. The molecule has 2 rings (SSSR count). The molecule has 2 nitrogen and oxygen atoms in total. The van der Waals surface area contributed by atoms with E-state index in [9.17, 15) is 13.2 Å². The van der Waals surface area contributed by atoms with Crippen LogP contribution in [-0.2, 0) is 6.18 Å². The first-order valence-corrected chi connectivity index (χ1v) is 7.37. The summed E-state index contributed by atoms with van der Waals surface area (Å²) in [5, 5.41) is 0.638. The number of nitrogens with zero attached hydrogens (tertiary/aromatic N) is 1. The molecule has 0 bridgehead atoms. The Morgan fingerprint density at radius 2 is 2.11 bits per heavy atom. The molecule has 1 saturated carbocycles. The second-order valence-electron chi connectivity index (χ2n) is 4.87. The lowest BCUT2D eigenvalue weighted by Gasteiger charge is -2.14. The van der Waals surface area contributed by atoms with Gasteiger partial charge in [0.1, 0.15) is 0 Å². The molecule has 106 valence electrons. The summed E-state index contributed by atoms with van der Waals surface area (Å²) in [6.45, 7) is 0. The van der Waals surface area contributed by atoms with Crippen LogP contribution in [0.5, 0.6) is 0 Å². The molecule has 1 heterocycles. The van der Waals surface area contributed by atoms with Crippen molar-refractivity contribution in [2.24, 2.45) is 11.7 Å². The van der Waals surface area contributed by atoms with Gasteiger partial charge in [-0.3, -0.25) is 0 Å². The van der Waals surface area contributed by atoms with E-state index in [2.05, 4.69) is 4.98 Å². The Morgan fingerprint density at radius 1 is 1.32 bits per heavy atom. The van der Waals surface area contributed by atoms with Crippen LogP contribution in [0.3, 0.4) is 0 Å². The van der Waals surface area contributed by atoms with Crippen molar-refractivity contribution in [2.75, 3.05) is 5.75 Å². The van der Waals surface area contributed by atoms with E-state index >= 15 is 0 Å². The molecule has 6 heteroatoms. The maximum absolute atomic E-state index is 12.4. The van der Waals surface area contributed by atoms with Crippen molar-refractivity contribution in [1.29, 1.82) is 0 Å². The first kappa shape index (κ1) is 14.7. The molecule has 0 aliphatic heterocycles. The summed E-state index contributed by atoms with van der Waals surface area (Å²) in [5.41, 5.74) is 5.28. The Hall–Kier alpha value is -0.750. The van der Waals surface area contributed by atoms with Gasteiger partial charge in [-0.15, -0.1) is 11.8 Å². The largest absolute Gasteiger partial charge is 0.417 e. The van der Waals surface area contributed by atoms with Crippen molar-refractivity contribution in [3.63, 3.8) is 0 Å². The van der Waals surface area contributed by atoms with Crippen molar-refractivity contribution in [3.8, 4) is 0 Å². The molecule has 0 radical (unpaired) electrons. The third-order valence-electron chi connectivity index (χ3n) is 3.52. The van der Waals surface area contributed by atoms with Gasteiger partial charge in [-0.2, -0.15) is 13.2 Å². The predicted molar refractivity (Wildman–Crippen MR) is 69.9 cm³/mol. The number of alkyl halides is 3. The minimum absolute atomic E-state index is 0.293. The first-order valence-electron chi connectivity index (χ1n) is 6.38. The molecule has 1 fully saturated rings. The summed E-state index contributed by atoms with van der Waals surface area (Å²) in [4.78, 5) is 3.84. The second-order valence-corrected chi connectivity index (χ2v) is 5.99. The molecule has 2 N–H and O–H groups in total. The van der Waals surface area contributed by atoms with Gasteiger partial charge in [0.15, 0.2) is 0 Å². The van der Waals surface area contributed by atoms with E-state index in [1.54, 1.807) is 0 Å². The molecule has 1 aromatic heterocycles. The lowest BCUT2D eigenvalue weighted by molar-refractivity contribution is -0.137. The Balaban J connectivity index is 1.80. The highest BCUT2D eigenvalue weighted by Gasteiger charge is 2.30. The molecule has 1 aliphatic carbocycles. The average Bonchev–Trinajstić information content (AvgIpc) is 2.75. The number of hydrogen-bond donors (Lipinski definition) is 1. The summed E-state index contributed by atoms with van der Waals surface area (Å²) >= 11 is 1.49. The quantitative estimate of drug-likeness (QED) is 0.859. The topological polar surface area (TPSA) is 38.9 Å². The molecule has 0 amide bonds. The van der Waals surface area contributed by atoms with Crippen molar-refractivity contribution >= 4 is 11.8 Å². The third kappa shape index (κ3) is 4.11. The van der Waals surface area contributed by atoms with Crippen molar-refractivity contribution < 1.29 is 13.2 Å². The lowest BCUT2D eigenvalue weighted by atomic mass is 10.0. The van der Waals surface area contributed by atoms with Gasteiger partial charge in [-0.05, 0) is 43.1 Å². The van der Waals surface area contributed by atoms with Crippen LogP contribution >= 0.6 is 11.8 Å². The Kier molecular flexibility index (Phi) is 4.73. The van der Waals surface area contributed by atoms with Gasteiger partial charge in [0.2, 0.25) is 0 Å². The zero-order valence-electron chi connectivity index (χ0n) is 10.5. The summed E-state index contributed by atoms with van der Waals surface area (Å²) in [5.74, 6) is 1.42. The molecule has 19 heavy (non-hydrogen) atoms. The van der Waals surface area contributed by atoms with E-state index in [4.69, 9.17) is 5.73 Å². The Labute approximate surface area is 115 Å². The highest BCUT2D eigenvalue weighted by molar-refractivity contribution is 7.99. The zero-order chi connectivity index (χ0) is 13.9. The standard InChI is InChI=1S/C13H17F3N2S/c14-13(15,16)10-4-5-12(18-8-10)19-7-6-9-2-1-3-11(9)17/h4-5,8-9,11H,1-3,6-7,17H2. The van der Waals surface area contributed by atoms with E-state index in [-0.39, 0.29) is 0 Å². The summed E-state index contributed by atoms with van der Waals surface area (Å²) in [6.07, 6.45) is 1.04. The van der Waals surface area contributed by atoms with E-state index in [1.165, 1.54) is 30.7 Å². The fraction of sp³-hybridized carbons (Fsp3) is 0.615. The van der Waals surface area contributed by atoms with Crippen LogP contribution in [0.2, 0.25) is 0 Å². The van der Waals surface area contributed by atoms with Crippen LogP contribution < -0.4 is 5.73 Å². The number of halogens is 3. The van der Waals surface area contributed by atoms with Crippen molar-refractivity contribution in [1.82, 2.24) is 4.98 Å². The number of pyridine rings is 1. The molecule has 0 aromatic carbocycles. The number of rotatable bonds is 4. The van der Waals surface area contributed by atoms with Crippen molar-refractivity contribution in [2.45, 2.75) is 42.9 Å². The van der Waals surface area contributed by atoms with E-state index in [0.717, 1.165) is 30.9 Å². The first-order chi connectivity index (χ1) is 8.97. The molecule has 2 unspecified atom stereocenters. The molecule has 2 atom stereocenters. The average molecular weight is 290 g/mol. The maximum atomic E-state index is 12.4. The van der Waals surface area contributed by atoms with Crippen LogP contribution in [0.25, 0.3) is 0 Å². The Bertz CT molecular complexity index is 405. The Morgan fingerprint density at radius 3 is 2.63 bits per heavy atom. The molecular formula is C13H17F3N2S. The number of nitrogens with two attached hydrogens (primary N) is 1. The highest BCUT2D eigenvalue weighted by atomic mass is 32.2. The molecule has 0 spiro atoms. The minimum Gasteiger partial charge on any atom is -0.327 e. The van der Waals surface area contributed by atoms with Gasteiger partial charge < -0.3 is 5.73 Å². The van der Waals surface area contributed by atoms with Gasteiger partial charge in [0.25, 0.3) is 0 Å². The minimum atomic E-state index is -4.31. The van der Waals surface area contributed by atoms with Gasteiger partial charge in [-0.1, -0.05) is 6.42 Å². The SMILES string of the molecule is NC1CCCC1CCSc1ccc(C(F)(F)F)cn1. The smallest absolute Gasteiger partial charge is 0.327 e. The summed E-state index contributed by atoms with van der Waals surface area (Å²) < 4.78 is 37.1. The van der Waals surface area contributed by atoms with Gasteiger partial charge in [-0.25, -0.2) is 4.98 Å². The van der Waals surface area contributed by atoms with E-state index in [0.29, 0.717) is 17.0 Å². The van der Waals surface area contributed by atoms with Gasteiger partial charge >= 0.3 is 6.18 Å². The molecular weight excluding hydrogens is 273 g/mol. The van der Waals surface area contributed by atoms with Gasteiger partial charge in [0, 0.05) is 12.2 Å². The summed E-state index contributed by atoms with van der Waals surface area (Å²) in [6, 6.07) is 2.81. The highest BCUT2D eigenvalue weighted by Crippen LogP contribution is 2.31. The van der Waals surface area contributed by atoms with Gasteiger partial charge in [0.05, 0.1) is 10.6 Å². The monoisotopic (exact) mass is 290 g/mol. The van der Waals surface area contributed by atoms with Crippen LogP contribution in [0.4, 0.5) is 13.2 Å². The number of hydrogen-bond acceptors (Lipinski definition) is 3. The number of thioether (sulfide) groups is 1. The predicted octanol–water partition coefficient (Wildman–Crippen LogP) is 3.71. The second kappa shape index (κ2) is 6.13. The molecule has 0 saturated heterocycles. The van der Waals surface area contributed by atoms with Crippen LogP contribution in [0, 0.1) is 5.92 Å². The van der Waals surface area contributed by atoms with E-state index < -0.39 is 11.7 Å². The number of aromatic nitrogens is 1. The third-order valence-corrected chi connectivity index (χ3v) is 4.50. The maximum Gasteiger partial charge on any atom is 0.417 e. The summed E-state index contributed by atoms with van der Waals surface area (Å²) in [7, 11) is 0. The van der Waals surface area contributed by atoms with E-state index in [1.807, 2.05) is 0 Å². The molecule has 1 aliphatic rings. The fourth-order valence-corrected chi connectivity index (χ4v) is 3.29. The van der Waals surface area contributed by atoms with Crippen LogP contribution in [0.1, 0.15) is 31.2 Å².